The van der Waals surface area contributed by atoms with Gasteiger partial charge in [0.2, 0.25) is 0 Å². The Balaban J connectivity index is 1.96. The minimum Gasteiger partial charge on any atom is -0.362 e. The first-order chi connectivity index (χ1) is 9.75. The second kappa shape index (κ2) is 5.63. The van der Waals surface area contributed by atoms with E-state index in [2.05, 4.69) is 16.3 Å². The summed E-state index contributed by atoms with van der Waals surface area (Å²) in [6.07, 6.45) is 6.40. The molecule has 0 unspecified atom stereocenters. The number of halogens is 1. The quantitative estimate of drug-likeness (QED) is 0.862. The van der Waals surface area contributed by atoms with Crippen molar-refractivity contribution >= 4 is 17.3 Å². The van der Waals surface area contributed by atoms with Gasteiger partial charge in [-0.1, -0.05) is 30.9 Å². The summed E-state index contributed by atoms with van der Waals surface area (Å²) in [5, 5.41) is 13.2. The molecular formula is C16H20ClN3. The largest absolute Gasteiger partial charge is 0.362 e. The van der Waals surface area contributed by atoms with E-state index >= 15 is 0 Å². The first kappa shape index (κ1) is 13.7. The molecule has 1 spiro atoms. The Morgan fingerprint density at radius 2 is 2.05 bits per heavy atom. The lowest BCUT2D eigenvalue weighted by Gasteiger charge is -2.51. The predicted octanol–water partition coefficient (Wildman–Crippen LogP) is 3.32. The molecule has 1 N–H and O–H groups in total. The van der Waals surface area contributed by atoms with Crippen molar-refractivity contribution in [2.24, 2.45) is 0 Å². The van der Waals surface area contributed by atoms with Gasteiger partial charge in [0.25, 0.3) is 0 Å². The number of nitrogens with one attached hydrogen (secondary N) is 1. The Morgan fingerprint density at radius 1 is 1.25 bits per heavy atom. The zero-order chi connectivity index (χ0) is 14.0. The van der Waals surface area contributed by atoms with Gasteiger partial charge in [-0.05, 0) is 31.0 Å². The minimum absolute atomic E-state index is 0.217. The number of benzene rings is 1. The number of nitrogens with zero attached hydrogens (tertiary/aromatic N) is 2. The second-order valence-electron chi connectivity index (χ2n) is 5.89. The first-order valence-electron chi connectivity index (χ1n) is 7.43. The maximum absolute atomic E-state index is 8.97. The summed E-state index contributed by atoms with van der Waals surface area (Å²) in [6.45, 7) is 3.03. The van der Waals surface area contributed by atoms with E-state index in [1.165, 1.54) is 32.1 Å². The molecule has 1 aromatic rings. The van der Waals surface area contributed by atoms with Crippen LogP contribution in [0.5, 0.6) is 0 Å². The maximum Gasteiger partial charge on any atom is 0.0992 e. The van der Waals surface area contributed by atoms with Crippen molar-refractivity contribution in [3.8, 4) is 6.07 Å². The van der Waals surface area contributed by atoms with E-state index in [4.69, 9.17) is 16.9 Å². The van der Waals surface area contributed by atoms with Gasteiger partial charge in [-0.2, -0.15) is 5.26 Å². The summed E-state index contributed by atoms with van der Waals surface area (Å²) in [7, 11) is 0. The van der Waals surface area contributed by atoms with E-state index in [9.17, 15) is 0 Å². The molecule has 2 fully saturated rings. The van der Waals surface area contributed by atoms with Crippen LogP contribution in [-0.2, 0) is 0 Å². The number of piperazine rings is 1. The van der Waals surface area contributed by atoms with Crippen LogP contribution in [0.4, 0.5) is 5.69 Å². The molecule has 0 radical (unpaired) electrons. The highest BCUT2D eigenvalue weighted by Gasteiger charge is 2.40. The molecule has 20 heavy (non-hydrogen) atoms. The Morgan fingerprint density at radius 3 is 2.75 bits per heavy atom. The summed E-state index contributed by atoms with van der Waals surface area (Å²) in [4.78, 5) is 2.49. The van der Waals surface area contributed by atoms with E-state index in [0.717, 1.165) is 25.3 Å². The average Bonchev–Trinajstić information content (AvgIpc) is 2.49. The predicted molar refractivity (Wildman–Crippen MR) is 82.2 cm³/mol. The molecule has 106 valence electrons. The van der Waals surface area contributed by atoms with Gasteiger partial charge in [-0.15, -0.1) is 0 Å². The van der Waals surface area contributed by atoms with Crippen LogP contribution in [-0.4, -0.2) is 25.2 Å². The summed E-state index contributed by atoms with van der Waals surface area (Å²) < 4.78 is 0. The fourth-order valence-corrected chi connectivity index (χ4v) is 3.95. The molecule has 1 aliphatic carbocycles. The Labute approximate surface area is 125 Å². The fourth-order valence-electron chi connectivity index (χ4n) is 3.67. The molecule has 3 nitrogen and oxygen atoms in total. The van der Waals surface area contributed by atoms with Gasteiger partial charge in [0.1, 0.15) is 0 Å². The first-order valence-corrected chi connectivity index (χ1v) is 7.81. The minimum atomic E-state index is 0.217. The molecule has 0 aromatic heterocycles. The normalized spacial score (nSPS) is 21.7. The number of rotatable bonds is 1. The van der Waals surface area contributed by atoms with Gasteiger partial charge in [0.05, 0.1) is 27.9 Å². The Bertz CT molecular complexity index is 521. The zero-order valence-corrected chi connectivity index (χ0v) is 12.4. The smallest absolute Gasteiger partial charge is 0.0992 e. The SMILES string of the molecule is N#Cc1ccc(N2CCNCC23CCCCC3)c(Cl)c1. The maximum atomic E-state index is 8.97. The van der Waals surface area contributed by atoms with Gasteiger partial charge < -0.3 is 10.2 Å². The van der Waals surface area contributed by atoms with E-state index < -0.39 is 0 Å². The Kier molecular flexibility index (Phi) is 3.87. The Hall–Kier alpha value is -1.24. The molecule has 4 heteroatoms. The average molecular weight is 290 g/mol. The summed E-state index contributed by atoms with van der Waals surface area (Å²) >= 11 is 6.43. The molecule has 1 aromatic carbocycles. The summed E-state index contributed by atoms with van der Waals surface area (Å²) in [5.74, 6) is 0. The van der Waals surface area contributed by atoms with Crippen LogP contribution in [0.2, 0.25) is 5.02 Å². The van der Waals surface area contributed by atoms with Crippen LogP contribution in [0, 0.1) is 11.3 Å². The lowest BCUT2D eigenvalue weighted by atomic mass is 9.78. The van der Waals surface area contributed by atoms with Gasteiger partial charge in [-0.3, -0.25) is 0 Å². The molecule has 1 saturated carbocycles. The zero-order valence-electron chi connectivity index (χ0n) is 11.7. The highest BCUT2D eigenvalue weighted by molar-refractivity contribution is 6.33. The van der Waals surface area contributed by atoms with Crippen LogP contribution >= 0.6 is 11.6 Å². The standard InChI is InChI=1S/C16H20ClN3/c17-14-10-13(11-18)4-5-15(14)20-9-8-19-12-16(20)6-2-1-3-7-16/h4-5,10,19H,1-3,6-9,12H2. The molecule has 0 amide bonds. The van der Waals surface area contributed by atoms with Crippen molar-refractivity contribution < 1.29 is 0 Å². The highest BCUT2D eigenvalue weighted by atomic mass is 35.5. The van der Waals surface area contributed by atoms with Gasteiger partial charge in [-0.25, -0.2) is 0 Å². The molecule has 1 heterocycles. The number of nitriles is 1. The van der Waals surface area contributed by atoms with Crippen molar-refractivity contribution in [1.82, 2.24) is 5.32 Å². The van der Waals surface area contributed by atoms with E-state index in [-0.39, 0.29) is 5.54 Å². The van der Waals surface area contributed by atoms with Gasteiger partial charge >= 0.3 is 0 Å². The van der Waals surface area contributed by atoms with Crippen molar-refractivity contribution in [3.05, 3.63) is 28.8 Å². The number of anilines is 1. The molecule has 2 aliphatic rings. The van der Waals surface area contributed by atoms with E-state index in [1.807, 2.05) is 12.1 Å². The van der Waals surface area contributed by atoms with Crippen molar-refractivity contribution in [1.29, 1.82) is 5.26 Å². The van der Waals surface area contributed by atoms with Crippen molar-refractivity contribution in [3.63, 3.8) is 0 Å². The van der Waals surface area contributed by atoms with Crippen LogP contribution in [0.25, 0.3) is 0 Å². The monoisotopic (exact) mass is 289 g/mol. The van der Waals surface area contributed by atoms with Crippen molar-refractivity contribution in [2.75, 3.05) is 24.5 Å². The van der Waals surface area contributed by atoms with Crippen LogP contribution in [0.15, 0.2) is 18.2 Å². The third-order valence-electron chi connectivity index (χ3n) is 4.69. The van der Waals surface area contributed by atoms with Crippen molar-refractivity contribution in [2.45, 2.75) is 37.6 Å². The van der Waals surface area contributed by atoms with Crippen LogP contribution < -0.4 is 10.2 Å². The molecule has 0 atom stereocenters. The third-order valence-corrected chi connectivity index (χ3v) is 4.99. The number of hydrogen-bond donors (Lipinski definition) is 1. The van der Waals surface area contributed by atoms with Crippen LogP contribution in [0.3, 0.4) is 0 Å². The topological polar surface area (TPSA) is 39.1 Å². The lowest BCUT2D eigenvalue weighted by molar-refractivity contribution is 0.241. The number of hydrogen-bond acceptors (Lipinski definition) is 3. The van der Waals surface area contributed by atoms with Gasteiger partial charge in [0, 0.05) is 19.6 Å². The molecule has 3 rings (SSSR count). The van der Waals surface area contributed by atoms with Gasteiger partial charge in [0.15, 0.2) is 0 Å². The summed E-state index contributed by atoms with van der Waals surface area (Å²) in [6, 6.07) is 7.83. The molecule has 1 saturated heterocycles. The second-order valence-corrected chi connectivity index (χ2v) is 6.30. The van der Waals surface area contributed by atoms with E-state index in [0.29, 0.717) is 10.6 Å². The molecular weight excluding hydrogens is 270 g/mol. The third kappa shape index (κ3) is 2.39. The summed E-state index contributed by atoms with van der Waals surface area (Å²) in [5.41, 5.74) is 1.94. The lowest BCUT2D eigenvalue weighted by Crippen LogP contribution is -2.62. The molecule has 0 bridgehead atoms. The fraction of sp³-hybridized carbons (Fsp3) is 0.562. The highest BCUT2D eigenvalue weighted by Crippen LogP contribution is 2.40. The molecule has 1 aliphatic heterocycles. The van der Waals surface area contributed by atoms with Crippen LogP contribution in [0.1, 0.15) is 37.7 Å². The van der Waals surface area contributed by atoms with E-state index in [1.54, 1.807) is 6.07 Å².